The van der Waals surface area contributed by atoms with E-state index < -0.39 is 0 Å². The van der Waals surface area contributed by atoms with Crippen LogP contribution in [0.25, 0.3) is 0 Å². The van der Waals surface area contributed by atoms with Crippen molar-refractivity contribution in [3.05, 3.63) is 39.0 Å². The van der Waals surface area contributed by atoms with Gasteiger partial charge in [0.1, 0.15) is 16.2 Å². The van der Waals surface area contributed by atoms with E-state index in [0.717, 1.165) is 21.1 Å². The van der Waals surface area contributed by atoms with E-state index in [9.17, 15) is 0 Å². The lowest BCUT2D eigenvalue weighted by molar-refractivity contribution is 0.301. The molecule has 0 aromatic carbocycles. The number of nitrogens with zero attached hydrogens (tertiary/aromatic N) is 2. The van der Waals surface area contributed by atoms with Gasteiger partial charge in [-0.1, -0.05) is 20.8 Å². The molecule has 0 amide bonds. The van der Waals surface area contributed by atoms with Crippen LogP contribution in [0, 0.1) is 0 Å². The van der Waals surface area contributed by atoms with Crippen LogP contribution < -0.4 is 4.74 Å². The molecule has 18 heavy (non-hydrogen) atoms. The molecule has 2 heterocycles. The van der Waals surface area contributed by atoms with Gasteiger partial charge in [0.2, 0.25) is 0 Å². The molecule has 2 aromatic rings. The highest BCUT2D eigenvalue weighted by molar-refractivity contribution is 9.10. The molecule has 0 saturated heterocycles. The lowest BCUT2D eigenvalue weighted by Crippen LogP contribution is -2.11. The second-order valence-electron chi connectivity index (χ2n) is 4.96. The van der Waals surface area contributed by atoms with Crippen LogP contribution >= 0.6 is 27.3 Å². The van der Waals surface area contributed by atoms with Crippen LogP contribution in [0.2, 0.25) is 0 Å². The highest BCUT2D eigenvalue weighted by Crippen LogP contribution is 2.26. The maximum Gasteiger partial charge on any atom is 0.152 e. The number of rotatable bonds is 3. The van der Waals surface area contributed by atoms with Crippen LogP contribution in [0.1, 0.15) is 31.5 Å². The summed E-state index contributed by atoms with van der Waals surface area (Å²) >= 11 is 4.98. The van der Waals surface area contributed by atoms with Crippen molar-refractivity contribution in [3.63, 3.8) is 0 Å². The standard InChI is InChI=1S/C13H15BrN2OS/c1-13(2,3)10-8-18-11(16-10)7-17-9-5-4-6-15-12(9)14/h4-6,8H,7H2,1-3H3. The largest absolute Gasteiger partial charge is 0.484 e. The van der Waals surface area contributed by atoms with Crippen molar-refractivity contribution in [1.29, 1.82) is 0 Å². The average Bonchev–Trinajstić information content (AvgIpc) is 2.76. The van der Waals surface area contributed by atoms with Gasteiger partial charge >= 0.3 is 0 Å². The topological polar surface area (TPSA) is 35.0 Å². The maximum atomic E-state index is 5.69. The molecule has 2 rings (SSSR count). The Morgan fingerprint density at radius 3 is 2.78 bits per heavy atom. The molecule has 3 nitrogen and oxygen atoms in total. The monoisotopic (exact) mass is 326 g/mol. The minimum absolute atomic E-state index is 0.0869. The Hall–Kier alpha value is -0.940. The van der Waals surface area contributed by atoms with Gasteiger partial charge in [-0.05, 0) is 28.1 Å². The van der Waals surface area contributed by atoms with Crippen molar-refractivity contribution in [2.24, 2.45) is 0 Å². The fourth-order valence-electron chi connectivity index (χ4n) is 1.34. The number of halogens is 1. The predicted molar refractivity (Wildman–Crippen MR) is 77.1 cm³/mol. The Morgan fingerprint density at radius 2 is 2.17 bits per heavy atom. The quantitative estimate of drug-likeness (QED) is 0.794. The summed E-state index contributed by atoms with van der Waals surface area (Å²) in [7, 11) is 0. The summed E-state index contributed by atoms with van der Waals surface area (Å²) in [5.74, 6) is 0.741. The van der Waals surface area contributed by atoms with Crippen molar-refractivity contribution in [1.82, 2.24) is 9.97 Å². The number of hydrogen-bond acceptors (Lipinski definition) is 4. The van der Waals surface area contributed by atoms with Gasteiger partial charge in [-0.3, -0.25) is 0 Å². The minimum atomic E-state index is 0.0869. The first kappa shape index (κ1) is 13.5. The third-order valence-corrected chi connectivity index (χ3v) is 3.81. The van der Waals surface area contributed by atoms with Crippen LogP contribution in [-0.2, 0) is 12.0 Å². The van der Waals surface area contributed by atoms with Gasteiger partial charge in [-0.25, -0.2) is 9.97 Å². The molecule has 0 aliphatic heterocycles. The van der Waals surface area contributed by atoms with Gasteiger partial charge in [0, 0.05) is 17.0 Å². The highest BCUT2D eigenvalue weighted by atomic mass is 79.9. The highest BCUT2D eigenvalue weighted by Gasteiger charge is 2.17. The molecular weight excluding hydrogens is 312 g/mol. The molecule has 96 valence electrons. The first-order chi connectivity index (χ1) is 8.47. The Kier molecular flexibility index (Phi) is 4.02. The zero-order chi connectivity index (χ0) is 13.2. The van der Waals surface area contributed by atoms with Crippen molar-refractivity contribution < 1.29 is 4.74 Å². The first-order valence-electron chi connectivity index (χ1n) is 5.65. The van der Waals surface area contributed by atoms with Crippen LogP contribution in [0.4, 0.5) is 0 Å². The molecule has 0 aliphatic rings. The molecule has 0 spiro atoms. The number of ether oxygens (including phenoxy) is 1. The normalized spacial score (nSPS) is 11.6. The number of aromatic nitrogens is 2. The number of thiazole rings is 1. The van der Waals surface area contributed by atoms with Crippen LogP contribution in [0.15, 0.2) is 28.3 Å². The Labute approximate surface area is 119 Å². The van der Waals surface area contributed by atoms with Crippen LogP contribution in [0.3, 0.4) is 0 Å². The molecule has 0 N–H and O–H groups in total. The predicted octanol–water partition coefficient (Wildman–Crippen LogP) is 4.18. The third-order valence-electron chi connectivity index (χ3n) is 2.40. The van der Waals surface area contributed by atoms with Gasteiger partial charge in [0.15, 0.2) is 5.75 Å². The molecule has 5 heteroatoms. The van der Waals surface area contributed by atoms with E-state index in [1.165, 1.54) is 0 Å². The van der Waals surface area contributed by atoms with Gasteiger partial charge in [0.05, 0.1) is 5.69 Å². The second kappa shape index (κ2) is 5.36. The fraction of sp³-hybridized carbons (Fsp3) is 0.385. The molecule has 0 unspecified atom stereocenters. The van der Waals surface area contributed by atoms with E-state index >= 15 is 0 Å². The second-order valence-corrected chi connectivity index (χ2v) is 6.65. The molecule has 0 radical (unpaired) electrons. The van der Waals surface area contributed by atoms with Crippen LogP contribution in [0.5, 0.6) is 5.75 Å². The van der Waals surface area contributed by atoms with Gasteiger partial charge in [0.25, 0.3) is 0 Å². The smallest absolute Gasteiger partial charge is 0.152 e. The molecule has 0 fully saturated rings. The Bertz CT molecular complexity index is 534. The summed E-state index contributed by atoms with van der Waals surface area (Å²) in [5.41, 5.74) is 1.19. The molecule has 0 saturated carbocycles. The lowest BCUT2D eigenvalue weighted by Gasteiger charge is -2.14. The zero-order valence-electron chi connectivity index (χ0n) is 10.6. The summed E-state index contributed by atoms with van der Waals surface area (Å²) in [4.78, 5) is 8.69. The Balaban J connectivity index is 2.03. The van der Waals surface area contributed by atoms with Gasteiger partial charge in [-0.15, -0.1) is 11.3 Å². The fourth-order valence-corrected chi connectivity index (χ4v) is 2.64. The van der Waals surface area contributed by atoms with Gasteiger partial charge < -0.3 is 4.74 Å². The number of pyridine rings is 1. The van der Waals surface area contributed by atoms with Crippen molar-refractivity contribution in [3.8, 4) is 5.75 Å². The Morgan fingerprint density at radius 1 is 1.39 bits per heavy atom. The van der Waals surface area contributed by atoms with Crippen molar-refractivity contribution >= 4 is 27.3 Å². The molecule has 0 atom stereocenters. The summed E-state index contributed by atoms with van der Waals surface area (Å²) in [5, 5.41) is 3.08. The third kappa shape index (κ3) is 3.29. The molecular formula is C13H15BrN2OS. The molecule has 0 aliphatic carbocycles. The van der Waals surface area contributed by atoms with Crippen LogP contribution in [-0.4, -0.2) is 9.97 Å². The molecule has 0 bridgehead atoms. The van der Waals surface area contributed by atoms with E-state index in [1.807, 2.05) is 12.1 Å². The van der Waals surface area contributed by atoms with Crippen molar-refractivity contribution in [2.45, 2.75) is 32.8 Å². The van der Waals surface area contributed by atoms with E-state index in [-0.39, 0.29) is 5.41 Å². The number of hydrogen-bond donors (Lipinski definition) is 0. The SMILES string of the molecule is CC(C)(C)c1csc(COc2cccnc2Br)n1. The molecule has 2 aromatic heterocycles. The van der Waals surface area contributed by atoms with Crippen molar-refractivity contribution in [2.75, 3.05) is 0 Å². The minimum Gasteiger partial charge on any atom is -0.484 e. The zero-order valence-corrected chi connectivity index (χ0v) is 13.0. The lowest BCUT2D eigenvalue weighted by atomic mass is 9.93. The first-order valence-corrected chi connectivity index (χ1v) is 7.32. The summed E-state index contributed by atoms with van der Waals surface area (Å²) < 4.78 is 6.41. The summed E-state index contributed by atoms with van der Waals surface area (Å²) in [6.07, 6.45) is 1.72. The van der Waals surface area contributed by atoms with E-state index in [1.54, 1.807) is 17.5 Å². The average molecular weight is 327 g/mol. The van der Waals surface area contributed by atoms with E-state index in [0.29, 0.717) is 6.61 Å². The maximum absolute atomic E-state index is 5.69. The van der Waals surface area contributed by atoms with Gasteiger partial charge in [-0.2, -0.15) is 0 Å². The van der Waals surface area contributed by atoms with E-state index in [2.05, 4.69) is 52.0 Å². The summed E-state index contributed by atoms with van der Waals surface area (Å²) in [6, 6.07) is 3.73. The summed E-state index contributed by atoms with van der Waals surface area (Å²) in [6.45, 7) is 6.95. The van der Waals surface area contributed by atoms with E-state index in [4.69, 9.17) is 4.74 Å².